The van der Waals surface area contributed by atoms with E-state index in [-0.39, 0.29) is 22.9 Å². The number of alkyl halides is 3. The maximum Gasteiger partial charge on any atom is 0.418 e. The molecule has 0 fully saturated rings. The van der Waals surface area contributed by atoms with Crippen molar-refractivity contribution < 1.29 is 27.9 Å². The van der Waals surface area contributed by atoms with Crippen LogP contribution >= 0.6 is 0 Å². The van der Waals surface area contributed by atoms with E-state index in [9.17, 15) is 27.9 Å². The number of hydrogen-bond donors (Lipinski definition) is 1. The lowest BCUT2D eigenvalue weighted by Crippen LogP contribution is -2.21. The van der Waals surface area contributed by atoms with Gasteiger partial charge in [-0.15, -0.1) is 0 Å². The van der Waals surface area contributed by atoms with Crippen molar-refractivity contribution in [2.75, 3.05) is 14.1 Å². The number of halogens is 3. The van der Waals surface area contributed by atoms with Gasteiger partial charge in [0.15, 0.2) is 0 Å². The van der Waals surface area contributed by atoms with Crippen LogP contribution in [-0.4, -0.2) is 40.5 Å². The summed E-state index contributed by atoms with van der Waals surface area (Å²) < 4.78 is 43.1. The topological polar surface area (TPSA) is 62.5 Å². The fourth-order valence-corrected chi connectivity index (χ4v) is 3.55. The van der Waals surface area contributed by atoms with Gasteiger partial charge in [-0.25, -0.2) is 4.79 Å². The number of benzene rings is 2. The summed E-state index contributed by atoms with van der Waals surface area (Å²) >= 11 is 0. The third-order valence-electron chi connectivity index (χ3n) is 5.08. The zero-order valence-electron chi connectivity index (χ0n) is 17.4. The fraction of sp³-hybridized carbons (Fsp3) is 0.217. The van der Waals surface area contributed by atoms with Gasteiger partial charge in [-0.05, 0) is 55.3 Å². The number of aromatic nitrogens is 1. The van der Waals surface area contributed by atoms with E-state index in [1.807, 2.05) is 0 Å². The minimum atomic E-state index is -4.65. The van der Waals surface area contributed by atoms with Crippen molar-refractivity contribution in [2.45, 2.75) is 20.0 Å². The second-order valence-corrected chi connectivity index (χ2v) is 7.43. The van der Waals surface area contributed by atoms with E-state index in [0.29, 0.717) is 22.4 Å². The number of nitrogens with zero attached hydrogens (tertiary/aromatic N) is 2. The molecule has 0 aliphatic carbocycles. The molecule has 1 amide bonds. The van der Waals surface area contributed by atoms with Gasteiger partial charge in [0.2, 0.25) is 0 Å². The third-order valence-corrected chi connectivity index (χ3v) is 5.08. The molecule has 8 heteroatoms. The Morgan fingerprint density at radius 2 is 1.52 bits per heavy atom. The van der Waals surface area contributed by atoms with Crippen LogP contribution in [0.5, 0.6) is 0 Å². The number of carboxylic acid groups (broad SMARTS) is 1. The summed E-state index contributed by atoms with van der Waals surface area (Å²) in [5.41, 5.74) is 0.835. The number of amides is 1. The quantitative estimate of drug-likeness (QED) is 0.620. The Labute approximate surface area is 177 Å². The van der Waals surface area contributed by atoms with Crippen molar-refractivity contribution in [1.82, 2.24) is 9.47 Å². The molecule has 1 heterocycles. The van der Waals surface area contributed by atoms with Crippen molar-refractivity contribution in [1.29, 1.82) is 0 Å². The molecule has 0 saturated carbocycles. The van der Waals surface area contributed by atoms with Gasteiger partial charge in [-0.1, -0.05) is 18.2 Å². The second kappa shape index (κ2) is 7.94. The largest absolute Gasteiger partial charge is 0.478 e. The number of rotatable bonds is 4. The molecule has 0 spiro atoms. The zero-order valence-corrected chi connectivity index (χ0v) is 17.4. The summed E-state index contributed by atoms with van der Waals surface area (Å²) in [5, 5.41) is 9.31. The number of aromatic carboxylic acids is 1. The maximum atomic E-state index is 13.9. The molecule has 5 nitrogen and oxygen atoms in total. The highest BCUT2D eigenvalue weighted by Crippen LogP contribution is 2.38. The number of carbonyl (C=O) groups excluding carboxylic acids is 1. The van der Waals surface area contributed by atoms with Crippen LogP contribution < -0.4 is 0 Å². The fourth-order valence-electron chi connectivity index (χ4n) is 3.55. The Morgan fingerprint density at radius 3 is 2.00 bits per heavy atom. The molecule has 3 rings (SSSR count). The molecule has 31 heavy (non-hydrogen) atoms. The van der Waals surface area contributed by atoms with E-state index in [2.05, 4.69) is 0 Å². The Bertz CT molecular complexity index is 1160. The first kappa shape index (κ1) is 22.1. The molecule has 0 aliphatic rings. The minimum absolute atomic E-state index is 0.0455. The molecule has 0 atom stereocenters. The van der Waals surface area contributed by atoms with Gasteiger partial charge in [-0.2, -0.15) is 13.2 Å². The van der Waals surface area contributed by atoms with Crippen LogP contribution in [0.25, 0.3) is 16.8 Å². The Hall–Kier alpha value is -3.55. The van der Waals surface area contributed by atoms with E-state index < -0.39 is 17.7 Å². The average Bonchev–Trinajstić information content (AvgIpc) is 3.00. The van der Waals surface area contributed by atoms with Crippen molar-refractivity contribution in [3.63, 3.8) is 0 Å². The first-order valence-electron chi connectivity index (χ1n) is 9.37. The molecular weight excluding hydrogens is 409 g/mol. The van der Waals surface area contributed by atoms with Crippen molar-refractivity contribution >= 4 is 11.9 Å². The number of carboxylic acids is 1. The third kappa shape index (κ3) is 4.19. The molecular formula is C23H21F3N2O3. The minimum Gasteiger partial charge on any atom is -0.478 e. The van der Waals surface area contributed by atoms with Crippen LogP contribution in [0.2, 0.25) is 0 Å². The zero-order chi connectivity index (χ0) is 23.1. The summed E-state index contributed by atoms with van der Waals surface area (Å²) in [6.07, 6.45) is -4.65. The van der Waals surface area contributed by atoms with Gasteiger partial charge in [0.1, 0.15) is 0 Å². The molecule has 2 aromatic carbocycles. The normalized spacial score (nSPS) is 11.5. The Morgan fingerprint density at radius 1 is 0.935 bits per heavy atom. The standard InChI is InChI=1S/C23H21F3N2O3/c1-13-11-18(22(30)31)14(2)28(13)20-10-9-17(12-19(20)23(24,25)26)15-5-7-16(8-6-15)21(29)27(3)4/h5-12H,1-4H3,(H,30,31). The summed E-state index contributed by atoms with van der Waals surface area (Å²) in [6, 6.07) is 11.6. The second-order valence-electron chi connectivity index (χ2n) is 7.43. The molecule has 0 radical (unpaired) electrons. The van der Waals surface area contributed by atoms with Gasteiger partial charge < -0.3 is 14.6 Å². The monoisotopic (exact) mass is 430 g/mol. The molecule has 0 bridgehead atoms. The summed E-state index contributed by atoms with van der Waals surface area (Å²) in [6.45, 7) is 3.04. The maximum absolute atomic E-state index is 13.9. The molecule has 162 valence electrons. The van der Waals surface area contributed by atoms with Gasteiger partial charge in [-0.3, -0.25) is 4.79 Å². The van der Waals surface area contributed by atoms with Gasteiger partial charge in [0, 0.05) is 31.0 Å². The van der Waals surface area contributed by atoms with Crippen molar-refractivity contribution in [3.05, 3.63) is 76.6 Å². The molecule has 1 aromatic heterocycles. The van der Waals surface area contributed by atoms with Crippen molar-refractivity contribution in [2.24, 2.45) is 0 Å². The smallest absolute Gasteiger partial charge is 0.418 e. The lowest BCUT2D eigenvalue weighted by atomic mass is 9.99. The van der Waals surface area contributed by atoms with Crippen LogP contribution in [0.3, 0.4) is 0 Å². The highest BCUT2D eigenvalue weighted by Gasteiger charge is 2.35. The summed E-state index contributed by atoms with van der Waals surface area (Å²) in [7, 11) is 3.23. The highest BCUT2D eigenvalue weighted by molar-refractivity contribution is 5.94. The predicted octanol–water partition coefficient (Wildman–Crippen LogP) is 5.18. The molecule has 1 N–H and O–H groups in total. The lowest BCUT2D eigenvalue weighted by Gasteiger charge is -2.18. The lowest BCUT2D eigenvalue weighted by molar-refractivity contribution is -0.137. The number of hydrogen-bond acceptors (Lipinski definition) is 2. The van der Waals surface area contributed by atoms with Gasteiger partial charge in [0.25, 0.3) is 5.91 Å². The van der Waals surface area contributed by atoms with Crippen LogP contribution in [-0.2, 0) is 6.18 Å². The van der Waals surface area contributed by atoms with Gasteiger partial charge >= 0.3 is 12.1 Å². The van der Waals surface area contributed by atoms with E-state index in [0.717, 1.165) is 6.07 Å². The van der Waals surface area contributed by atoms with E-state index in [4.69, 9.17) is 0 Å². The van der Waals surface area contributed by atoms with E-state index >= 15 is 0 Å². The summed E-state index contributed by atoms with van der Waals surface area (Å²) in [5.74, 6) is -1.40. The van der Waals surface area contributed by atoms with Crippen molar-refractivity contribution in [3.8, 4) is 16.8 Å². The first-order chi connectivity index (χ1) is 14.4. The predicted molar refractivity (Wildman–Crippen MR) is 111 cm³/mol. The van der Waals surface area contributed by atoms with E-state index in [1.54, 1.807) is 51.4 Å². The first-order valence-corrected chi connectivity index (χ1v) is 9.37. The number of carbonyl (C=O) groups is 2. The highest BCUT2D eigenvalue weighted by atomic mass is 19.4. The Kier molecular flexibility index (Phi) is 5.67. The van der Waals surface area contributed by atoms with E-state index in [1.165, 1.54) is 28.5 Å². The van der Waals surface area contributed by atoms with Crippen LogP contribution in [0.15, 0.2) is 48.5 Å². The SMILES string of the molecule is Cc1cc(C(=O)O)c(C)n1-c1ccc(-c2ccc(C(=O)N(C)C)cc2)cc1C(F)(F)F. The molecule has 0 unspecified atom stereocenters. The van der Waals surface area contributed by atoms with Crippen LogP contribution in [0.1, 0.15) is 37.7 Å². The summed E-state index contributed by atoms with van der Waals surface area (Å²) in [4.78, 5) is 24.8. The van der Waals surface area contributed by atoms with Crippen LogP contribution in [0, 0.1) is 13.8 Å². The average molecular weight is 430 g/mol. The molecule has 0 aliphatic heterocycles. The van der Waals surface area contributed by atoms with Gasteiger partial charge in [0.05, 0.1) is 16.8 Å². The molecule has 0 saturated heterocycles. The Balaban J connectivity index is 2.13. The number of aryl methyl sites for hydroxylation is 1. The molecule has 3 aromatic rings. The van der Waals surface area contributed by atoms with Crippen LogP contribution in [0.4, 0.5) is 13.2 Å².